The first-order valence-electron chi connectivity index (χ1n) is 9.40. The van der Waals surface area contributed by atoms with E-state index in [2.05, 4.69) is 15.1 Å². The third-order valence-corrected chi connectivity index (χ3v) is 4.72. The lowest BCUT2D eigenvalue weighted by atomic mass is 10.3. The van der Waals surface area contributed by atoms with Crippen molar-refractivity contribution in [3.63, 3.8) is 0 Å². The van der Waals surface area contributed by atoms with Crippen molar-refractivity contribution in [2.75, 3.05) is 58.3 Å². The number of nitrogens with zero attached hydrogens (tertiary/aromatic N) is 2. The highest BCUT2D eigenvalue weighted by Gasteiger charge is 2.19. The zero-order chi connectivity index (χ0) is 19.8. The molecule has 1 heterocycles. The van der Waals surface area contributed by atoms with Crippen LogP contribution in [-0.4, -0.2) is 68.7 Å². The Morgan fingerprint density at radius 3 is 2.32 bits per heavy atom. The molecule has 0 aromatic heterocycles. The van der Waals surface area contributed by atoms with Gasteiger partial charge in [0.2, 0.25) is 5.91 Å². The van der Waals surface area contributed by atoms with Crippen molar-refractivity contribution in [3.05, 3.63) is 54.3 Å². The van der Waals surface area contributed by atoms with Crippen LogP contribution in [-0.2, 0) is 4.79 Å². The van der Waals surface area contributed by atoms with E-state index >= 15 is 0 Å². The SMILES string of the molecule is COc1ccc(OCCN2CCN(CC(=O)Nc3ccccc3F)CC2)cc1. The molecule has 1 aliphatic rings. The summed E-state index contributed by atoms with van der Waals surface area (Å²) in [4.78, 5) is 16.5. The Bertz CT molecular complexity index is 762. The smallest absolute Gasteiger partial charge is 0.238 e. The third kappa shape index (κ3) is 5.94. The molecule has 1 amide bonds. The van der Waals surface area contributed by atoms with Crippen LogP contribution in [0.5, 0.6) is 11.5 Å². The number of piperazine rings is 1. The van der Waals surface area contributed by atoms with Gasteiger partial charge in [0.1, 0.15) is 23.9 Å². The summed E-state index contributed by atoms with van der Waals surface area (Å²) in [5, 5.41) is 2.63. The van der Waals surface area contributed by atoms with Crippen LogP contribution in [0.25, 0.3) is 0 Å². The van der Waals surface area contributed by atoms with Gasteiger partial charge in [-0.2, -0.15) is 0 Å². The second kappa shape index (κ2) is 10.1. The molecule has 7 heteroatoms. The van der Waals surface area contributed by atoms with Crippen molar-refractivity contribution in [3.8, 4) is 11.5 Å². The number of halogens is 1. The lowest BCUT2D eigenvalue weighted by molar-refractivity contribution is -0.117. The minimum atomic E-state index is -0.419. The molecule has 0 unspecified atom stereocenters. The van der Waals surface area contributed by atoms with Crippen molar-refractivity contribution in [1.82, 2.24) is 9.80 Å². The predicted octanol–water partition coefficient (Wildman–Crippen LogP) is 2.47. The van der Waals surface area contributed by atoms with Crippen molar-refractivity contribution < 1.29 is 18.7 Å². The Balaban J connectivity index is 1.33. The fourth-order valence-electron chi connectivity index (χ4n) is 3.09. The van der Waals surface area contributed by atoms with E-state index in [-0.39, 0.29) is 18.1 Å². The van der Waals surface area contributed by atoms with E-state index in [1.165, 1.54) is 6.07 Å². The first-order chi connectivity index (χ1) is 13.6. The quantitative estimate of drug-likeness (QED) is 0.754. The molecule has 0 bridgehead atoms. The van der Waals surface area contributed by atoms with Gasteiger partial charge in [0.05, 0.1) is 19.3 Å². The van der Waals surface area contributed by atoms with Crippen LogP contribution < -0.4 is 14.8 Å². The summed E-state index contributed by atoms with van der Waals surface area (Å²) < 4.78 is 24.5. The average Bonchev–Trinajstić information content (AvgIpc) is 2.71. The molecule has 1 N–H and O–H groups in total. The minimum absolute atomic E-state index is 0.193. The van der Waals surface area contributed by atoms with Crippen LogP contribution in [0.4, 0.5) is 10.1 Å². The second-order valence-electron chi connectivity index (χ2n) is 6.67. The summed E-state index contributed by atoms with van der Waals surface area (Å²) in [6, 6.07) is 13.7. The monoisotopic (exact) mass is 387 g/mol. The number of benzene rings is 2. The van der Waals surface area contributed by atoms with Gasteiger partial charge in [-0.15, -0.1) is 0 Å². The number of hydrogen-bond acceptors (Lipinski definition) is 5. The fourth-order valence-corrected chi connectivity index (χ4v) is 3.09. The summed E-state index contributed by atoms with van der Waals surface area (Å²) in [5.41, 5.74) is 0.224. The van der Waals surface area contributed by atoms with Crippen LogP contribution in [0.1, 0.15) is 0 Å². The van der Waals surface area contributed by atoms with Crippen LogP contribution in [0.2, 0.25) is 0 Å². The Morgan fingerprint density at radius 1 is 1.00 bits per heavy atom. The molecule has 6 nitrogen and oxygen atoms in total. The first-order valence-corrected chi connectivity index (χ1v) is 9.40. The normalized spacial score (nSPS) is 15.2. The third-order valence-electron chi connectivity index (χ3n) is 4.72. The van der Waals surface area contributed by atoms with Crippen LogP contribution in [0, 0.1) is 5.82 Å². The van der Waals surface area contributed by atoms with Gasteiger partial charge in [-0.25, -0.2) is 4.39 Å². The number of carbonyl (C=O) groups excluding carboxylic acids is 1. The molecule has 0 spiro atoms. The number of para-hydroxylation sites is 1. The maximum atomic E-state index is 13.6. The second-order valence-corrected chi connectivity index (χ2v) is 6.67. The molecule has 2 aromatic rings. The summed E-state index contributed by atoms with van der Waals surface area (Å²) in [6.45, 7) is 5.06. The molecule has 3 rings (SSSR count). The lowest BCUT2D eigenvalue weighted by Crippen LogP contribution is -2.49. The number of anilines is 1. The van der Waals surface area contributed by atoms with Crippen LogP contribution >= 0.6 is 0 Å². The molecule has 0 saturated carbocycles. The van der Waals surface area contributed by atoms with E-state index in [1.54, 1.807) is 25.3 Å². The van der Waals surface area contributed by atoms with E-state index in [4.69, 9.17) is 9.47 Å². The maximum absolute atomic E-state index is 13.6. The molecular weight excluding hydrogens is 361 g/mol. The largest absolute Gasteiger partial charge is 0.497 e. The molecule has 0 radical (unpaired) electrons. The summed E-state index contributed by atoms with van der Waals surface area (Å²) in [5.74, 6) is 1.02. The molecular formula is C21H26FN3O3. The molecule has 1 fully saturated rings. The summed E-state index contributed by atoms with van der Waals surface area (Å²) in [7, 11) is 1.64. The molecule has 150 valence electrons. The Morgan fingerprint density at radius 2 is 1.64 bits per heavy atom. The zero-order valence-corrected chi connectivity index (χ0v) is 16.1. The molecule has 2 aromatic carbocycles. The Hall–Kier alpha value is -2.64. The van der Waals surface area contributed by atoms with E-state index in [0.717, 1.165) is 44.2 Å². The van der Waals surface area contributed by atoms with Gasteiger partial charge in [-0.1, -0.05) is 12.1 Å². The first kappa shape index (κ1) is 20.1. The van der Waals surface area contributed by atoms with Gasteiger partial charge < -0.3 is 14.8 Å². The highest BCUT2D eigenvalue weighted by molar-refractivity contribution is 5.92. The summed E-state index contributed by atoms with van der Waals surface area (Å²) in [6.07, 6.45) is 0. The lowest BCUT2D eigenvalue weighted by Gasteiger charge is -2.34. The number of ether oxygens (including phenoxy) is 2. The number of rotatable bonds is 8. The highest BCUT2D eigenvalue weighted by atomic mass is 19.1. The Kier molecular flexibility index (Phi) is 7.22. The Labute approximate surface area is 164 Å². The van der Waals surface area contributed by atoms with Crippen molar-refractivity contribution in [1.29, 1.82) is 0 Å². The maximum Gasteiger partial charge on any atom is 0.238 e. The standard InChI is InChI=1S/C21H26FN3O3/c1-27-17-6-8-18(9-7-17)28-15-14-24-10-12-25(13-11-24)16-21(26)23-20-5-3-2-4-19(20)22/h2-9H,10-16H2,1H3,(H,23,26). The van der Waals surface area contributed by atoms with E-state index in [9.17, 15) is 9.18 Å². The number of amides is 1. The van der Waals surface area contributed by atoms with Crippen molar-refractivity contribution in [2.45, 2.75) is 0 Å². The van der Waals surface area contributed by atoms with Gasteiger partial charge in [0.25, 0.3) is 0 Å². The van der Waals surface area contributed by atoms with Crippen molar-refractivity contribution >= 4 is 11.6 Å². The highest BCUT2D eigenvalue weighted by Crippen LogP contribution is 2.17. The zero-order valence-electron chi connectivity index (χ0n) is 16.1. The number of nitrogens with one attached hydrogen (secondary N) is 1. The molecule has 0 atom stereocenters. The van der Waals surface area contributed by atoms with E-state index < -0.39 is 5.82 Å². The molecule has 28 heavy (non-hydrogen) atoms. The van der Waals surface area contributed by atoms with Gasteiger partial charge in [-0.05, 0) is 36.4 Å². The number of hydrogen-bond donors (Lipinski definition) is 1. The van der Waals surface area contributed by atoms with E-state index in [0.29, 0.717) is 6.61 Å². The topological polar surface area (TPSA) is 54.0 Å². The van der Waals surface area contributed by atoms with Gasteiger partial charge in [-0.3, -0.25) is 14.6 Å². The average molecular weight is 387 g/mol. The molecule has 1 saturated heterocycles. The number of methoxy groups -OCH3 is 1. The molecule has 0 aliphatic carbocycles. The van der Waals surface area contributed by atoms with Crippen LogP contribution in [0.3, 0.4) is 0 Å². The number of carbonyl (C=O) groups is 1. The van der Waals surface area contributed by atoms with Gasteiger partial charge in [0, 0.05) is 32.7 Å². The van der Waals surface area contributed by atoms with Crippen LogP contribution in [0.15, 0.2) is 48.5 Å². The molecule has 1 aliphatic heterocycles. The fraction of sp³-hybridized carbons (Fsp3) is 0.381. The van der Waals surface area contributed by atoms with E-state index in [1.807, 2.05) is 24.3 Å². The van der Waals surface area contributed by atoms with Crippen molar-refractivity contribution in [2.24, 2.45) is 0 Å². The minimum Gasteiger partial charge on any atom is -0.497 e. The predicted molar refractivity (Wildman–Crippen MR) is 106 cm³/mol. The summed E-state index contributed by atoms with van der Waals surface area (Å²) >= 11 is 0. The van der Waals surface area contributed by atoms with Gasteiger partial charge >= 0.3 is 0 Å². The van der Waals surface area contributed by atoms with Gasteiger partial charge in [0.15, 0.2) is 0 Å².